The van der Waals surface area contributed by atoms with Crippen molar-refractivity contribution >= 4 is 28.8 Å². The van der Waals surface area contributed by atoms with Gasteiger partial charge in [-0.25, -0.2) is 0 Å². The molecule has 0 saturated heterocycles. The van der Waals surface area contributed by atoms with Gasteiger partial charge in [-0.1, -0.05) is 18.3 Å². The molecule has 0 heterocycles. The van der Waals surface area contributed by atoms with Crippen LogP contribution in [0, 0.1) is 19.8 Å². The fourth-order valence-electron chi connectivity index (χ4n) is 1.43. The SMILES string of the molecule is Cc1cc(C)cc(NC(=O)C(C)C(N)=S)c1. The molecule has 1 aromatic rings. The average Bonchev–Trinajstić information content (AvgIpc) is 2.14. The van der Waals surface area contributed by atoms with Crippen molar-refractivity contribution in [1.82, 2.24) is 0 Å². The molecule has 0 aliphatic carbocycles. The van der Waals surface area contributed by atoms with Crippen LogP contribution in [0.3, 0.4) is 0 Å². The van der Waals surface area contributed by atoms with Gasteiger partial charge in [-0.05, 0) is 44.0 Å². The van der Waals surface area contributed by atoms with E-state index in [9.17, 15) is 4.79 Å². The molecule has 86 valence electrons. The second kappa shape index (κ2) is 5.07. The summed E-state index contributed by atoms with van der Waals surface area (Å²) in [5.74, 6) is -0.617. The molecule has 0 fully saturated rings. The number of amides is 1. The molecule has 0 aliphatic heterocycles. The summed E-state index contributed by atoms with van der Waals surface area (Å²) in [4.78, 5) is 11.9. The summed E-state index contributed by atoms with van der Waals surface area (Å²) in [6, 6.07) is 5.88. The van der Waals surface area contributed by atoms with E-state index >= 15 is 0 Å². The van der Waals surface area contributed by atoms with Gasteiger partial charge < -0.3 is 11.1 Å². The number of carbonyl (C=O) groups excluding carboxylic acids is 1. The van der Waals surface area contributed by atoms with Crippen LogP contribution in [-0.2, 0) is 4.79 Å². The monoisotopic (exact) mass is 236 g/mol. The lowest BCUT2D eigenvalue weighted by Crippen LogP contribution is -2.30. The van der Waals surface area contributed by atoms with E-state index in [2.05, 4.69) is 5.32 Å². The zero-order valence-corrected chi connectivity index (χ0v) is 10.5. The summed E-state index contributed by atoms with van der Waals surface area (Å²) in [6.45, 7) is 5.67. The average molecular weight is 236 g/mol. The van der Waals surface area contributed by atoms with Crippen LogP contribution in [-0.4, -0.2) is 10.9 Å². The molecule has 0 bridgehead atoms. The molecule has 3 nitrogen and oxygen atoms in total. The first-order chi connectivity index (χ1) is 7.40. The van der Waals surface area contributed by atoms with Crippen molar-refractivity contribution in [2.24, 2.45) is 11.7 Å². The van der Waals surface area contributed by atoms with Crippen LogP contribution in [0.25, 0.3) is 0 Å². The molecule has 1 unspecified atom stereocenters. The zero-order valence-electron chi connectivity index (χ0n) is 9.70. The molecule has 4 heteroatoms. The largest absolute Gasteiger partial charge is 0.393 e. The summed E-state index contributed by atoms with van der Waals surface area (Å²) in [5.41, 5.74) is 8.42. The maximum absolute atomic E-state index is 11.7. The van der Waals surface area contributed by atoms with Crippen molar-refractivity contribution in [1.29, 1.82) is 0 Å². The topological polar surface area (TPSA) is 55.1 Å². The standard InChI is InChI=1S/C12H16N2OS/c1-7-4-8(2)6-10(5-7)14-12(15)9(3)11(13)16/h4-6,9H,1-3H3,(H2,13,16)(H,14,15). The molecule has 0 spiro atoms. The number of aryl methyl sites for hydroxylation is 2. The number of carbonyl (C=O) groups is 1. The van der Waals surface area contributed by atoms with Gasteiger partial charge >= 0.3 is 0 Å². The second-order valence-electron chi connectivity index (χ2n) is 3.99. The normalized spacial score (nSPS) is 11.9. The first-order valence-electron chi connectivity index (χ1n) is 5.08. The number of anilines is 1. The van der Waals surface area contributed by atoms with Crippen molar-refractivity contribution in [2.75, 3.05) is 5.32 Å². The molecule has 0 radical (unpaired) electrons. The lowest BCUT2D eigenvalue weighted by Gasteiger charge is -2.11. The highest BCUT2D eigenvalue weighted by atomic mass is 32.1. The summed E-state index contributed by atoms with van der Waals surface area (Å²) < 4.78 is 0. The molecule has 3 N–H and O–H groups in total. The van der Waals surface area contributed by atoms with Gasteiger partial charge in [0.1, 0.15) is 0 Å². The first-order valence-corrected chi connectivity index (χ1v) is 5.49. The van der Waals surface area contributed by atoms with Gasteiger partial charge in [-0.15, -0.1) is 0 Å². The molecule has 0 aromatic heterocycles. The quantitative estimate of drug-likeness (QED) is 0.791. The van der Waals surface area contributed by atoms with E-state index in [0.29, 0.717) is 0 Å². The molecule has 1 amide bonds. The number of hydrogen-bond acceptors (Lipinski definition) is 2. The minimum absolute atomic E-state index is 0.169. The van der Waals surface area contributed by atoms with E-state index in [1.54, 1.807) is 6.92 Å². The van der Waals surface area contributed by atoms with E-state index < -0.39 is 5.92 Å². The Labute approximate surface area is 101 Å². The highest BCUT2D eigenvalue weighted by molar-refractivity contribution is 7.80. The Morgan fingerprint density at radius 1 is 1.31 bits per heavy atom. The fourth-order valence-corrected chi connectivity index (χ4v) is 1.53. The Hall–Kier alpha value is -1.42. The van der Waals surface area contributed by atoms with E-state index in [1.807, 2.05) is 32.0 Å². The van der Waals surface area contributed by atoms with Crippen molar-refractivity contribution in [3.8, 4) is 0 Å². The van der Waals surface area contributed by atoms with Crippen LogP contribution in [0.15, 0.2) is 18.2 Å². The maximum atomic E-state index is 11.7. The Morgan fingerprint density at radius 3 is 2.25 bits per heavy atom. The number of hydrogen-bond donors (Lipinski definition) is 2. The molecule has 1 rings (SSSR count). The van der Waals surface area contributed by atoms with E-state index in [0.717, 1.165) is 16.8 Å². The number of benzene rings is 1. The third kappa shape index (κ3) is 3.31. The third-order valence-electron chi connectivity index (χ3n) is 2.31. The van der Waals surface area contributed by atoms with E-state index in [4.69, 9.17) is 18.0 Å². The molecule has 0 aliphatic rings. The van der Waals surface area contributed by atoms with Crippen LogP contribution in [0.4, 0.5) is 5.69 Å². The summed E-state index contributed by atoms with van der Waals surface area (Å²) in [6.07, 6.45) is 0. The smallest absolute Gasteiger partial charge is 0.234 e. The molecular weight excluding hydrogens is 220 g/mol. The molecule has 1 atom stereocenters. The molecule has 0 saturated carbocycles. The minimum atomic E-state index is -0.448. The number of nitrogens with two attached hydrogens (primary N) is 1. The third-order valence-corrected chi connectivity index (χ3v) is 2.66. The molecular formula is C12H16N2OS. The van der Waals surface area contributed by atoms with Gasteiger partial charge in [-0.3, -0.25) is 4.79 Å². The van der Waals surface area contributed by atoms with Gasteiger partial charge in [0.2, 0.25) is 5.91 Å². The van der Waals surface area contributed by atoms with Crippen molar-refractivity contribution < 1.29 is 4.79 Å². The Morgan fingerprint density at radius 2 is 1.81 bits per heavy atom. The maximum Gasteiger partial charge on any atom is 0.234 e. The van der Waals surface area contributed by atoms with Crippen molar-refractivity contribution in [3.05, 3.63) is 29.3 Å². The second-order valence-corrected chi connectivity index (χ2v) is 4.46. The zero-order chi connectivity index (χ0) is 12.3. The predicted octanol–water partition coefficient (Wildman–Crippen LogP) is 2.16. The Kier molecular flexibility index (Phi) is 4.01. The number of thiocarbonyl (C=S) groups is 1. The van der Waals surface area contributed by atoms with Crippen LogP contribution in [0.2, 0.25) is 0 Å². The number of rotatable bonds is 3. The van der Waals surface area contributed by atoms with Gasteiger partial charge in [0.05, 0.1) is 10.9 Å². The summed E-state index contributed by atoms with van der Waals surface area (Å²) >= 11 is 4.78. The molecule has 16 heavy (non-hydrogen) atoms. The Balaban J connectivity index is 2.81. The van der Waals surface area contributed by atoms with Crippen LogP contribution < -0.4 is 11.1 Å². The van der Waals surface area contributed by atoms with Crippen LogP contribution in [0.5, 0.6) is 0 Å². The van der Waals surface area contributed by atoms with Gasteiger partial charge in [-0.2, -0.15) is 0 Å². The van der Waals surface area contributed by atoms with Crippen LogP contribution >= 0.6 is 12.2 Å². The highest BCUT2D eigenvalue weighted by Gasteiger charge is 2.15. The lowest BCUT2D eigenvalue weighted by molar-refractivity contribution is -0.117. The van der Waals surface area contributed by atoms with Crippen molar-refractivity contribution in [2.45, 2.75) is 20.8 Å². The summed E-state index contributed by atoms with van der Waals surface area (Å²) in [5, 5.41) is 2.80. The van der Waals surface area contributed by atoms with Gasteiger partial charge in [0, 0.05) is 5.69 Å². The number of nitrogens with one attached hydrogen (secondary N) is 1. The lowest BCUT2D eigenvalue weighted by atomic mass is 10.1. The fraction of sp³-hybridized carbons (Fsp3) is 0.333. The molecule has 1 aromatic carbocycles. The van der Waals surface area contributed by atoms with Gasteiger partial charge in [0.25, 0.3) is 0 Å². The first kappa shape index (κ1) is 12.6. The van der Waals surface area contributed by atoms with E-state index in [1.165, 1.54) is 0 Å². The minimum Gasteiger partial charge on any atom is -0.393 e. The van der Waals surface area contributed by atoms with Crippen LogP contribution in [0.1, 0.15) is 18.1 Å². The van der Waals surface area contributed by atoms with Crippen molar-refractivity contribution in [3.63, 3.8) is 0 Å². The Bertz CT molecular complexity index is 409. The van der Waals surface area contributed by atoms with E-state index in [-0.39, 0.29) is 10.9 Å². The highest BCUT2D eigenvalue weighted by Crippen LogP contribution is 2.14. The van der Waals surface area contributed by atoms with Gasteiger partial charge in [0.15, 0.2) is 0 Å². The predicted molar refractivity (Wildman–Crippen MR) is 70.5 cm³/mol. The summed E-state index contributed by atoms with van der Waals surface area (Å²) in [7, 11) is 0.